The molecule has 1 nitrogen and oxygen atoms in total. The number of rotatable bonds is 1. The summed E-state index contributed by atoms with van der Waals surface area (Å²) in [4.78, 5) is 0. The number of hydrogen-bond acceptors (Lipinski definition) is 0. The first-order valence-electron chi connectivity index (χ1n) is 5.12. The highest BCUT2D eigenvalue weighted by Crippen LogP contribution is 2.27. The number of likely N-dealkylation sites (tertiary alicyclic amines) is 1. The van der Waals surface area contributed by atoms with E-state index in [4.69, 9.17) is 0 Å². The minimum absolute atomic E-state index is 1.14. The summed E-state index contributed by atoms with van der Waals surface area (Å²) in [6.45, 7) is 4.79. The molecule has 1 aliphatic heterocycles. The van der Waals surface area contributed by atoms with Crippen LogP contribution in [-0.4, -0.2) is 20.1 Å². The highest BCUT2D eigenvalue weighted by Gasteiger charge is 2.29. The van der Waals surface area contributed by atoms with Crippen LogP contribution in [0.25, 0.3) is 0 Å². The molecule has 0 bridgehead atoms. The molecule has 13 heavy (non-hydrogen) atoms. The van der Waals surface area contributed by atoms with Gasteiger partial charge in [0.2, 0.25) is 0 Å². The van der Waals surface area contributed by atoms with E-state index in [9.17, 15) is 0 Å². The summed E-state index contributed by atoms with van der Waals surface area (Å²) in [7, 11) is 2.35. The van der Waals surface area contributed by atoms with Crippen molar-refractivity contribution in [2.75, 3.05) is 20.1 Å². The van der Waals surface area contributed by atoms with Gasteiger partial charge in [-0.15, -0.1) is 0 Å². The van der Waals surface area contributed by atoms with E-state index in [1.165, 1.54) is 37.2 Å². The van der Waals surface area contributed by atoms with Crippen molar-refractivity contribution in [2.45, 2.75) is 19.8 Å². The molecule has 0 radical (unpaired) electrons. The van der Waals surface area contributed by atoms with Crippen LogP contribution in [0.4, 0.5) is 5.69 Å². The van der Waals surface area contributed by atoms with Crippen molar-refractivity contribution in [3.05, 3.63) is 29.8 Å². The van der Waals surface area contributed by atoms with Crippen LogP contribution < -0.4 is 4.48 Å². The molecule has 0 amide bonds. The Morgan fingerprint density at radius 2 is 1.85 bits per heavy atom. The monoisotopic (exact) mass is 176 g/mol. The lowest BCUT2D eigenvalue weighted by Crippen LogP contribution is -2.41. The summed E-state index contributed by atoms with van der Waals surface area (Å²) in [5.74, 6) is 0. The summed E-state index contributed by atoms with van der Waals surface area (Å²) in [5, 5.41) is 0. The maximum absolute atomic E-state index is 2.35. The summed E-state index contributed by atoms with van der Waals surface area (Å²) < 4.78 is 1.14. The second-order valence-electron chi connectivity index (χ2n) is 4.39. The number of aryl methyl sites for hydroxylation is 1. The van der Waals surface area contributed by atoms with Crippen LogP contribution in [0.15, 0.2) is 24.3 Å². The SMILES string of the molecule is Cc1cccc([N+]2(C)CCCC2)c1. The van der Waals surface area contributed by atoms with Crippen LogP contribution in [0.2, 0.25) is 0 Å². The van der Waals surface area contributed by atoms with E-state index in [0.717, 1.165) is 4.48 Å². The third kappa shape index (κ3) is 1.61. The van der Waals surface area contributed by atoms with E-state index >= 15 is 0 Å². The lowest BCUT2D eigenvalue weighted by atomic mass is 10.2. The van der Waals surface area contributed by atoms with Gasteiger partial charge in [0.15, 0.2) is 0 Å². The molecule has 1 heteroatoms. The molecule has 0 N–H and O–H groups in total. The molecular formula is C12H18N+. The molecule has 0 saturated carbocycles. The van der Waals surface area contributed by atoms with Crippen molar-refractivity contribution in [3.63, 3.8) is 0 Å². The van der Waals surface area contributed by atoms with Crippen molar-refractivity contribution in [3.8, 4) is 0 Å². The fraction of sp³-hybridized carbons (Fsp3) is 0.500. The fourth-order valence-corrected chi connectivity index (χ4v) is 2.26. The Morgan fingerprint density at radius 3 is 2.46 bits per heavy atom. The van der Waals surface area contributed by atoms with Crippen molar-refractivity contribution >= 4 is 5.69 Å². The van der Waals surface area contributed by atoms with Gasteiger partial charge in [-0.1, -0.05) is 12.1 Å². The van der Waals surface area contributed by atoms with Gasteiger partial charge < -0.3 is 0 Å². The molecule has 0 atom stereocenters. The summed E-state index contributed by atoms with van der Waals surface area (Å²) in [6.07, 6.45) is 2.76. The van der Waals surface area contributed by atoms with Gasteiger partial charge in [-0.25, -0.2) is 0 Å². The predicted octanol–water partition coefficient (Wildman–Crippen LogP) is 2.73. The Morgan fingerprint density at radius 1 is 1.15 bits per heavy atom. The maximum Gasteiger partial charge on any atom is 0.132 e. The number of nitrogens with zero attached hydrogens (tertiary/aromatic N) is 1. The lowest BCUT2D eigenvalue weighted by molar-refractivity contribution is 0.406. The number of quaternary nitrogens is 1. The topological polar surface area (TPSA) is 0 Å². The highest BCUT2D eigenvalue weighted by atomic mass is 15.3. The average molecular weight is 176 g/mol. The zero-order chi connectivity index (χ0) is 9.31. The molecule has 1 saturated heterocycles. The van der Waals surface area contributed by atoms with Crippen LogP contribution >= 0.6 is 0 Å². The standard InChI is InChI=1S/C12H18N/c1-11-6-5-7-12(10-11)13(2)8-3-4-9-13/h5-7,10H,3-4,8-9H2,1-2H3/q+1. The van der Waals surface area contributed by atoms with Crippen LogP contribution in [-0.2, 0) is 0 Å². The molecule has 0 aromatic heterocycles. The second kappa shape index (κ2) is 3.15. The van der Waals surface area contributed by atoms with Gasteiger partial charge in [-0.2, -0.15) is 0 Å². The smallest absolute Gasteiger partial charge is 0.132 e. The zero-order valence-electron chi connectivity index (χ0n) is 8.59. The van der Waals surface area contributed by atoms with Crippen molar-refractivity contribution < 1.29 is 0 Å². The van der Waals surface area contributed by atoms with Gasteiger partial charge in [-0.05, 0) is 18.6 Å². The van der Waals surface area contributed by atoms with Gasteiger partial charge in [0, 0.05) is 18.9 Å². The van der Waals surface area contributed by atoms with Gasteiger partial charge in [0.25, 0.3) is 0 Å². The van der Waals surface area contributed by atoms with Crippen LogP contribution in [0.3, 0.4) is 0 Å². The Hall–Kier alpha value is -0.820. The molecule has 1 fully saturated rings. The average Bonchev–Trinajstić information content (AvgIpc) is 2.54. The first kappa shape index (κ1) is 8.76. The summed E-state index contributed by atoms with van der Waals surface area (Å²) in [5.41, 5.74) is 2.86. The summed E-state index contributed by atoms with van der Waals surface area (Å²) in [6, 6.07) is 8.93. The molecule has 1 aromatic rings. The molecule has 1 aliphatic rings. The quantitative estimate of drug-likeness (QED) is 0.577. The third-order valence-corrected chi connectivity index (χ3v) is 3.18. The lowest BCUT2D eigenvalue weighted by Gasteiger charge is -2.28. The van der Waals surface area contributed by atoms with E-state index in [1.807, 2.05) is 0 Å². The van der Waals surface area contributed by atoms with Gasteiger partial charge >= 0.3 is 0 Å². The van der Waals surface area contributed by atoms with E-state index < -0.39 is 0 Å². The van der Waals surface area contributed by atoms with E-state index in [1.54, 1.807) is 0 Å². The van der Waals surface area contributed by atoms with Crippen molar-refractivity contribution in [2.24, 2.45) is 0 Å². The first-order chi connectivity index (χ1) is 6.21. The summed E-state index contributed by atoms with van der Waals surface area (Å²) >= 11 is 0. The molecule has 70 valence electrons. The molecule has 1 heterocycles. The van der Waals surface area contributed by atoms with Crippen LogP contribution in [0.5, 0.6) is 0 Å². The van der Waals surface area contributed by atoms with Gasteiger partial charge in [0.05, 0.1) is 20.1 Å². The second-order valence-corrected chi connectivity index (χ2v) is 4.39. The number of benzene rings is 1. The Kier molecular flexibility index (Phi) is 2.12. The van der Waals surface area contributed by atoms with E-state index in [2.05, 4.69) is 38.2 Å². The molecule has 1 aromatic carbocycles. The van der Waals surface area contributed by atoms with Crippen LogP contribution in [0, 0.1) is 6.92 Å². The van der Waals surface area contributed by atoms with Crippen molar-refractivity contribution in [1.29, 1.82) is 0 Å². The molecule has 0 aliphatic carbocycles. The van der Waals surface area contributed by atoms with E-state index in [-0.39, 0.29) is 0 Å². The fourth-order valence-electron chi connectivity index (χ4n) is 2.26. The largest absolute Gasteiger partial charge is 0.294 e. The van der Waals surface area contributed by atoms with Crippen LogP contribution in [0.1, 0.15) is 18.4 Å². The minimum atomic E-state index is 1.14. The molecular weight excluding hydrogens is 158 g/mol. The molecule has 0 spiro atoms. The zero-order valence-corrected chi connectivity index (χ0v) is 8.59. The normalized spacial score (nSPS) is 20.5. The molecule has 2 rings (SSSR count). The Balaban J connectivity index is 2.33. The molecule has 0 unspecified atom stereocenters. The number of hydrogen-bond donors (Lipinski definition) is 0. The Bertz CT molecular complexity index is 298. The first-order valence-corrected chi connectivity index (χ1v) is 5.12. The van der Waals surface area contributed by atoms with Gasteiger partial charge in [-0.3, -0.25) is 4.48 Å². The third-order valence-electron chi connectivity index (χ3n) is 3.18. The van der Waals surface area contributed by atoms with Crippen molar-refractivity contribution in [1.82, 2.24) is 4.48 Å². The minimum Gasteiger partial charge on any atom is -0.294 e. The Labute approximate surface area is 80.6 Å². The maximum atomic E-state index is 2.35. The van der Waals surface area contributed by atoms with E-state index in [0.29, 0.717) is 0 Å². The predicted molar refractivity (Wildman–Crippen MR) is 57.9 cm³/mol. The van der Waals surface area contributed by atoms with Gasteiger partial charge in [0.1, 0.15) is 5.69 Å². The highest BCUT2D eigenvalue weighted by molar-refractivity contribution is 5.45.